The first-order chi connectivity index (χ1) is 9.49. The zero-order chi connectivity index (χ0) is 14.8. The number of nitrogens with one attached hydrogen (secondary N) is 1. The molecule has 0 spiro atoms. The van der Waals surface area contributed by atoms with Crippen molar-refractivity contribution in [1.29, 1.82) is 0 Å². The first-order valence-corrected chi connectivity index (χ1v) is 6.56. The molecule has 0 bridgehead atoms. The van der Waals surface area contributed by atoms with Crippen molar-refractivity contribution in [3.63, 3.8) is 0 Å². The average molecular weight is 286 g/mol. The number of imidazole rings is 1. The minimum absolute atomic E-state index is 0.0168. The van der Waals surface area contributed by atoms with Gasteiger partial charge in [-0.25, -0.2) is 4.98 Å². The summed E-state index contributed by atoms with van der Waals surface area (Å²) in [5.74, 6) is 0.477. The summed E-state index contributed by atoms with van der Waals surface area (Å²) in [6.45, 7) is 6.36. The van der Waals surface area contributed by atoms with Crippen LogP contribution in [0.3, 0.4) is 0 Å². The molecular formula is C13H17F3N4. The maximum atomic E-state index is 13.2. The van der Waals surface area contributed by atoms with Gasteiger partial charge in [0.05, 0.1) is 0 Å². The van der Waals surface area contributed by atoms with Crippen molar-refractivity contribution in [2.45, 2.75) is 38.9 Å². The van der Waals surface area contributed by atoms with Crippen LogP contribution >= 0.6 is 0 Å². The highest BCUT2D eigenvalue weighted by Crippen LogP contribution is 2.36. The Morgan fingerprint density at radius 1 is 1.50 bits per heavy atom. The molecule has 1 aromatic rings. The quantitative estimate of drug-likeness (QED) is 0.865. The van der Waals surface area contributed by atoms with E-state index in [1.54, 1.807) is 4.57 Å². The van der Waals surface area contributed by atoms with Gasteiger partial charge in [-0.1, -0.05) is 0 Å². The van der Waals surface area contributed by atoms with Crippen LogP contribution < -0.4 is 5.32 Å². The van der Waals surface area contributed by atoms with Crippen molar-refractivity contribution in [3.05, 3.63) is 23.4 Å². The smallest absolute Gasteiger partial charge is 0.389 e. The van der Waals surface area contributed by atoms with Crippen LogP contribution in [-0.2, 0) is 19.1 Å². The van der Waals surface area contributed by atoms with Crippen LogP contribution in [0.4, 0.5) is 13.2 Å². The molecule has 4 nitrogen and oxygen atoms in total. The predicted octanol–water partition coefficient (Wildman–Crippen LogP) is 2.85. The fourth-order valence-corrected chi connectivity index (χ4v) is 2.33. The summed E-state index contributed by atoms with van der Waals surface area (Å²) in [5, 5.41) is 2.87. The highest BCUT2D eigenvalue weighted by atomic mass is 19.4. The lowest BCUT2D eigenvalue weighted by Crippen LogP contribution is -2.15. The second-order valence-electron chi connectivity index (χ2n) is 4.58. The average Bonchev–Trinajstić information content (AvgIpc) is 2.80. The number of aromatic nitrogens is 2. The largest absolute Gasteiger partial charge is 0.435 e. The van der Waals surface area contributed by atoms with Gasteiger partial charge >= 0.3 is 6.18 Å². The lowest BCUT2D eigenvalue weighted by Gasteiger charge is -2.17. The van der Waals surface area contributed by atoms with Crippen LogP contribution in [0.1, 0.15) is 37.0 Å². The molecule has 0 saturated carbocycles. The molecule has 110 valence electrons. The molecule has 0 aromatic carbocycles. The van der Waals surface area contributed by atoms with Gasteiger partial charge in [-0.3, -0.25) is 4.99 Å². The maximum Gasteiger partial charge on any atom is 0.435 e. The molecule has 0 aliphatic carbocycles. The first kappa shape index (κ1) is 14.6. The van der Waals surface area contributed by atoms with Gasteiger partial charge in [0.25, 0.3) is 0 Å². The molecule has 0 radical (unpaired) electrons. The summed E-state index contributed by atoms with van der Waals surface area (Å²) >= 11 is 0. The summed E-state index contributed by atoms with van der Waals surface area (Å²) < 4.78 is 41.1. The number of fused-ring (bicyclic) bond motifs is 1. The molecule has 1 N–H and O–H groups in total. The molecule has 0 saturated heterocycles. The number of halogens is 3. The van der Waals surface area contributed by atoms with Crippen LogP contribution in [-0.4, -0.2) is 22.8 Å². The minimum Gasteiger partial charge on any atom is -0.389 e. The SMILES string of the molecule is C=N/C(=C\NCC)c1c(C(F)(F)F)nc2n1CCCC2. The number of aryl methyl sites for hydroxylation is 1. The van der Waals surface area contributed by atoms with Crippen molar-refractivity contribution in [1.82, 2.24) is 14.9 Å². The van der Waals surface area contributed by atoms with Crippen molar-refractivity contribution in [3.8, 4) is 0 Å². The molecule has 0 fully saturated rings. The van der Waals surface area contributed by atoms with Crippen molar-refractivity contribution in [2.75, 3.05) is 6.54 Å². The second kappa shape index (κ2) is 5.68. The van der Waals surface area contributed by atoms with E-state index in [0.717, 1.165) is 12.8 Å². The molecule has 7 heteroatoms. The Morgan fingerprint density at radius 3 is 2.85 bits per heavy atom. The Labute approximate surface area is 115 Å². The van der Waals surface area contributed by atoms with Gasteiger partial charge in [-0.2, -0.15) is 13.2 Å². The van der Waals surface area contributed by atoms with Gasteiger partial charge < -0.3 is 9.88 Å². The maximum absolute atomic E-state index is 13.2. The van der Waals surface area contributed by atoms with E-state index in [4.69, 9.17) is 0 Å². The number of nitrogens with zero attached hydrogens (tertiary/aromatic N) is 3. The molecule has 1 aliphatic rings. The molecule has 0 amide bonds. The Kier molecular flexibility index (Phi) is 4.15. The number of alkyl halides is 3. The lowest BCUT2D eigenvalue weighted by atomic mass is 10.1. The predicted molar refractivity (Wildman–Crippen MR) is 71.4 cm³/mol. The summed E-state index contributed by atoms with van der Waals surface area (Å²) in [4.78, 5) is 7.52. The van der Waals surface area contributed by atoms with E-state index in [1.165, 1.54) is 6.20 Å². The topological polar surface area (TPSA) is 42.2 Å². The van der Waals surface area contributed by atoms with Gasteiger partial charge in [0, 0.05) is 25.7 Å². The van der Waals surface area contributed by atoms with E-state index in [1.807, 2.05) is 6.92 Å². The van der Waals surface area contributed by atoms with Crippen molar-refractivity contribution in [2.24, 2.45) is 4.99 Å². The number of hydrogen-bond acceptors (Lipinski definition) is 3. The monoisotopic (exact) mass is 286 g/mol. The summed E-state index contributed by atoms with van der Waals surface area (Å²) in [6.07, 6.45) is -0.758. The van der Waals surface area contributed by atoms with Crippen LogP contribution in [0.15, 0.2) is 11.2 Å². The molecule has 2 rings (SSSR count). The van der Waals surface area contributed by atoms with Crippen LogP contribution in [0.2, 0.25) is 0 Å². The fraction of sp³-hybridized carbons (Fsp3) is 0.538. The second-order valence-corrected chi connectivity index (χ2v) is 4.58. The van der Waals surface area contributed by atoms with Crippen LogP contribution in [0, 0.1) is 0 Å². The van der Waals surface area contributed by atoms with E-state index < -0.39 is 11.9 Å². The third-order valence-corrected chi connectivity index (χ3v) is 3.20. The number of hydrogen-bond donors (Lipinski definition) is 1. The minimum atomic E-state index is -4.49. The Hall–Kier alpha value is -1.79. The molecule has 1 aromatic heterocycles. The fourth-order valence-electron chi connectivity index (χ4n) is 2.33. The normalized spacial score (nSPS) is 15.9. The summed E-state index contributed by atoms with van der Waals surface area (Å²) in [7, 11) is 0. The lowest BCUT2D eigenvalue weighted by molar-refractivity contribution is -0.141. The van der Waals surface area contributed by atoms with Gasteiger partial charge in [0.15, 0.2) is 5.69 Å². The van der Waals surface area contributed by atoms with Gasteiger partial charge in [-0.15, -0.1) is 0 Å². The van der Waals surface area contributed by atoms with E-state index in [2.05, 4.69) is 22.0 Å². The summed E-state index contributed by atoms with van der Waals surface area (Å²) in [6, 6.07) is 0. The molecule has 20 heavy (non-hydrogen) atoms. The zero-order valence-corrected chi connectivity index (χ0v) is 11.3. The molecule has 0 unspecified atom stereocenters. The van der Waals surface area contributed by atoms with Crippen molar-refractivity contribution >= 4 is 12.4 Å². The molecule has 1 aliphatic heterocycles. The molecular weight excluding hydrogens is 269 g/mol. The van der Waals surface area contributed by atoms with Gasteiger partial charge in [0.2, 0.25) is 0 Å². The third-order valence-electron chi connectivity index (χ3n) is 3.20. The third kappa shape index (κ3) is 2.71. The Bertz CT molecular complexity index is 528. The Balaban J connectivity index is 2.59. The summed E-state index contributed by atoms with van der Waals surface area (Å²) in [5.41, 5.74) is -0.672. The van der Waals surface area contributed by atoms with E-state index >= 15 is 0 Å². The van der Waals surface area contributed by atoms with Crippen LogP contribution in [0.5, 0.6) is 0 Å². The molecule has 0 atom stereocenters. The standard InChI is InChI=1S/C13H17F3N4/c1-3-18-8-9(17-2)11-12(13(14,15)16)19-10-6-4-5-7-20(10)11/h8,18H,2-7H2,1H3/b9-8-. The molecule has 2 heterocycles. The zero-order valence-electron chi connectivity index (χ0n) is 11.3. The highest BCUT2D eigenvalue weighted by Gasteiger charge is 2.40. The van der Waals surface area contributed by atoms with Gasteiger partial charge in [-0.05, 0) is 26.5 Å². The number of rotatable bonds is 4. The number of aliphatic imine (C=N–C) groups is 1. The van der Waals surface area contributed by atoms with Gasteiger partial charge in [0.1, 0.15) is 17.2 Å². The first-order valence-electron chi connectivity index (χ1n) is 6.56. The highest BCUT2D eigenvalue weighted by molar-refractivity contribution is 5.68. The Morgan fingerprint density at radius 2 is 2.25 bits per heavy atom. The van der Waals surface area contributed by atoms with E-state index in [9.17, 15) is 13.2 Å². The van der Waals surface area contributed by atoms with Crippen LogP contribution in [0.25, 0.3) is 5.70 Å². The van der Waals surface area contributed by atoms with Crippen molar-refractivity contribution < 1.29 is 13.2 Å². The van der Waals surface area contributed by atoms with E-state index in [-0.39, 0.29) is 11.4 Å². The van der Waals surface area contributed by atoms with E-state index in [0.29, 0.717) is 25.3 Å².